The molecule has 1 fully saturated rings. The lowest BCUT2D eigenvalue weighted by atomic mass is 10.0. The van der Waals surface area contributed by atoms with Gasteiger partial charge in [-0.2, -0.15) is 0 Å². The lowest BCUT2D eigenvalue weighted by Gasteiger charge is -2.21. The van der Waals surface area contributed by atoms with Crippen molar-refractivity contribution in [2.24, 2.45) is 0 Å². The zero-order valence-corrected chi connectivity index (χ0v) is 19.0. The van der Waals surface area contributed by atoms with Crippen LogP contribution in [-0.2, 0) is 9.47 Å². The Morgan fingerprint density at radius 3 is 2.07 bits per heavy atom. The van der Waals surface area contributed by atoms with Gasteiger partial charge in [-0.3, -0.25) is 0 Å². The van der Waals surface area contributed by atoms with Gasteiger partial charge in [0.1, 0.15) is 17.2 Å². The van der Waals surface area contributed by atoms with Gasteiger partial charge in [0.15, 0.2) is 5.79 Å². The predicted octanol–water partition coefficient (Wildman–Crippen LogP) is 6.79. The van der Waals surface area contributed by atoms with Gasteiger partial charge in [0.25, 0.3) is 0 Å². The van der Waals surface area contributed by atoms with Crippen molar-refractivity contribution in [3.63, 3.8) is 0 Å². The van der Waals surface area contributed by atoms with Crippen LogP contribution in [-0.4, -0.2) is 28.1 Å². The van der Waals surface area contributed by atoms with E-state index in [1.165, 1.54) is 82.0 Å². The zero-order valence-electron chi connectivity index (χ0n) is 18.2. The minimum atomic E-state index is -0.705. The van der Waals surface area contributed by atoms with E-state index in [1.54, 1.807) is 6.20 Å². The highest BCUT2D eigenvalue weighted by Gasteiger charge is 2.45. The van der Waals surface area contributed by atoms with Crippen LogP contribution in [0.1, 0.15) is 115 Å². The fourth-order valence-corrected chi connectivity index (χ4v) is 4.72. The van der Waals surface area contributed by atoms with Gasteiger partial charge in [-0.15, -0.1) is 11.3 Å². The van der Waals surface area contributed by atoms with Gasteiger partial charge in [0.2, 0.25) is 0 Å². The Morgan fingerprint density at radius 1 is 0.964 bits per heavy atom. The largest absolute Gasteiger partial charge is 0.383 e. The van der Waals surface area contributed by atoms with Gasteiger partial charge in [0, 0.05) is 11.6 Å². The third kappa shape index (κ3) is 8.48. The minimum Gasteiger partial charge on any atom is -0.383 e. The molecule has 0 unspecified atom stereocenters. The lowest BCUT2D eigenvalue weighted by Crippen LogP contribution is -2.29. The molecule has 162 valence electrons. The van der Waals surface area contributed by atoms with E-state index in [1.807, 2.05) is 19.2 Å². The van der Waals surface area contributed by atoms with Crippen molar-refractivity contribution in [1.82, 2.24) is 4.98 Å². The summed E-state index contributed by atoms with van der Waals surface area (Å²) in [6.45, 7) is 6.13. The number of hydrogen-bond donors (Lipinski definition) is 1. The van der Waals surface area contributed by atoms with Crippen LogP contribution in [0.3, 0.4) is 0 Å². The molecule has 1 aromatic rings. The molecule has 0 bridgehead atoms. The first kappa shape index (κ1) is 23.8. The molecule has 1 aliphatic rings. The summed E-state index contributed by atoms with van der Waals surface area (Å²) in [5.41, 5.74) is 0. The molecule has 0 aromatic carbocycles. The van der Waals surface area contributed by atoms with Crippen LogP contribution in [0.5, 0.6) is 0 Å². The van der Waals surface area contributed by atoms with Crippen LogP contribution in [0.25, 0.3) is 0 Å². The molecule has 5 heteroatoms. The smallest absolute Gasteiger partial charge is 0.163 e. The van der Waals surface area contributed by atoms with Crippen LogP contribution in [0.2, 0.25) is 0 Å². The Balaban J connectivity index is 1.56. The number of nitrogens with zero attached hydrogens (tertiary/aromatic N) is 1. The molecule has 2 heterocycles. The number of rotatable bonds is 15. The molecule has 1 saturated heterocycles. The summed E-state index contributed by atoms with van der Waals surface area (Å²) in [7, 11) is 0. The van der Waals surface area contributed by atoms with Gasteiger partial charge in [-0.05, 0) is 20.3 Å². The molecular weight excluding hydrogens is 370 g/mol. The van der Waals surface area contributed by atoms with Gasteiger partial charge in [0.05, 0.1) is 6.10 Å². The third-order valence-electron chi connectivity index (χ3n) is 5.58. The van der Waals surface area contributed by atoms with Crippen LogP contribution in [0.4, 0.5) is 0 Å². The van der Waals surface area contributed by atoms with Crippen LogP contribution in [0.15, 0.2) is 11.6 Å². The molecule has 0 radical (unpaired) electrons. The minimum absolute atomic E-state index is 0.0583. The topological polar surface area (TPSA) is 51.6 Å². The molecular formula is C23H41NO3S. The zero-order chi connectivity index (χ0) is 20.2. The summed E-state index contributed by atoms with van der Waals surface area (Å²) >= 11 is 1.47. The molecule has 1 aliphatic heterocycles. The molecule has 28 heavy (non-hydrogen) atoms. The maximum Gasteiger partial charge on any atom is 0.163 e. The van der Waals surface area contributed by atoms with E-state index in [-0.39, 0.29) is 12.2 Å². The van der Waals surface area contributed by atoms with E-state index in [0.29, 0.717) is 5.01 Å². The SMILES string of the molecule is CCCCCCCCCCCCCC[C@H]1OC(C)(C)O[C@H]1[C@@H](O)c1nccs1. The summed E-state index contributed by atoms with van der Waals surface area (Å²) < 4.78 is 12.1. The van der Waals surface area contributed by atoms with Crippen LogP contribution >= 0.6 is 11.3 Å². The standard InChI is InChI=1S/C23H41NO3S/c1-4-5-6-7-8-9-10-11-12-13-14-15-16-19-21(27-23(2,3)26-19)20(25)22-24-17-18-28-22/h17-21,25H,4-16H2,1-3H3/t19-,20-,21-/m1/s1. The Morgan fingerprint density at radius 2 is 1.54 bits per heavy atom. The quantitative estimate of drug-likeness (QED) is 0.323. The second kappa shape index (κ2) is 12.9. The fraction of sp³-hybridized carbons (Fsp3) is 0.870. The summed E-state index contributed by atoms with van der Waals surface area (Å²) in [6.07, 6.45) is 17.7. The molecule has 3 atom stereocenters. The van der Waals surface area contributed by atoms with Crippen molar-refractivity contribution < 1.29 is 14.6 Å². The summed E-state index contributed by atoms with van der Waals surface area (Å²) in [4.78, 5) is 4.24. The number of aliphatic hydroxyl groups excluding tert-OH is 1. The van der Waals surface area contributed by atoms with E-state index >= 15 is 0 Å². The van der Waals surface area contributed by atoms with Crippen LogP contribution < -0.4 is 0 Å². The normalized spacial score (nSPS) is 22.6. The molecule has 0 spiro atoms. The lowest BCUT2D eigenvalue weighted by molar-refractivity contribution is -0.155. The number of aromatic nitrogens is 1. The van der Waals surface area contributed by atoms with E-state index in [9.17, 15) is 5.11 Å². The molecule has 0 amide bonds. The second-order valence-corrected chi connectivity index (χ2v) is 9.56. The molecule has 0 saturated carbocycles. The highest BCUT2D eigenvalue weighted by Crippen LogP contribution is 2.37. The molecule has 1 aromatic heterocycles. The van der Waals surface area contributed by atoms with E-state index in [4.69, 9.17) is 9.47 Å². The van der Waals surface area contributed by atoms with E-state index in [0.717, 1.165) is 12.8 Å². The highest BCUT2D eigenvalue weighted by molar-refractivity contribution is 7.09. The fourth-order valence-electron chi connectivity index (χ4n) is 4.06. The van der Waals surface area contributed by atoms with Crippen molar-refractivity contribution in [2.45, 2.75) is 128 Å². The summed E-state index contributed by atoms with van der Waals surface area (Å²) in [5.74, 6) is -0.634. The average Bonchev–Trinajstić information content (AvgIpc) is 3.30. The first-order valence-electron chi connectivity index (χ1n) is 11.5. The Kier molecular flexibility index (Phi) is 11.0. The van der Waals surface area contributed by atoms with Crippen molar-refractivity contribution in [3.05, 3.63) is 16.6 Å². The van der Waals surface area contributed by atoms with Crippen molar-refractivity contribution in [1.29, 1.82) is 0 Å². The molecule has 1 N–H and O–H groups in total. The van der Waals surface area contributed by atoms with E-state index < -0.39 is 11.9 Å². The van der Waals surface area contributed by atoms with Gasteiger partial charge in [-0.1, -0.05) is 84.0 Å². The molecule has 2 rings (SSSR count). The number of thiazole rings is 1. The monoisotopic (exact) mass is 411 g/mol. The summed E-state index contributed by atoms with van der Waals surface area (Å²) in [6, 6.07) is 0. The predicted molar refractivity (Wildman–Crippen MR) is 117 cm³/mol. The second-order valence-electron chi connectivity index (χ2n) is 8.63. The van der Waals surface area contributed by atoms with Gasteiger partial charge >= 0.3 is 0 Å². The Labute approximate surface area is 176 Å². The van der Waals surface area contributed by atoms with Gasteiger partial charge < -0.3 is 14.6 Å². The first-order valence-corrected chi connectivity index (χ1v) is 12.3. The Hall–Kier alpha value is -0.490. The number of ether oxygens (including phenoxy) is 2. The third-order valence-corrected chi connectivity index (χ3v) is 6.43. The van der Waals surface area contributed by atoms with Crippen molar-refractivity contribution in [2.75, 3.05) is 0 Å². The maximum atomic E-state index is 10.6. The number of aliphatic hydroxyl groups is 1. The molecule has 4 nitrogen and oxygen atoms in total. The van der Waals surface area contributed by atoms with Crippen molar-refractivity contribution >= 4 is 11.3 Å². The number of hydrogen-bond acceptors (Lipinski definition) is 5. The van der Waals surface area contributed by atoms with Crippen molar-refractivity contribution in [3.8, 4) is 0 Å². The van der Waals surface area contributed by atoms with Crippen LogP contribution in [0, 0.1) is 0 Å². The molecule has 0 aliphatic carbocycles. The highest BCUT2D eigenvalue weighted by atomic mass is 32.1. The summed E-state index contributed by atoms with van der Waals surface area (Å²) in [5, 5.41) is 13.2. The number of unbranched alkanes of at least 4 members (excludes halogenated alkanes) is 11. The maximum absolute atomic E-state index is 10.6. The van der Waals surface area contributed by atoms with E-state index in [2.05, 4.69) is 11.9 Å². The Bertz CT molecular complexity index is 506. The van der Waals surface area contributed by atoms with Gasteiger partial charge in [-0.25, -0.2) is 4.98 Å². The average molecular weight is 412 g/mol. The first-order chi connectivity index (χ1) is 13.5.